The molecule has 0 aromatic heterocycles. The smallest absolute Gasteiger partial charge is 0.182 e. The summed E-state index contributed by atoms with van der Waals surface area (Å²) in [5, 5.41) is 9.12. The Hall–Kier alpha value is -0.930. The monoisotopic (exact) mass is 154 g/mol. The highest BCUT2D eigenvalue weighted by molar-refractivity contribution is 5.31. The number of ether oxygens (including phenoxy) is 1. The Balaban J connectivity index is 2.57. The second kappa shape index (κ2) is 2.29. The third-order valence-electron chi connectivity index (χ3n) is 1.81. The van der Waals surface area contributed by atoms with E-state index in [1.807, 2.05) is 0 Å². The van der Waals surface area contributed by atoms with Crippen molar-refractivity contribution in [3.05, 3.63) is 35.1 Å². The van der Waals surface area contributed by atoms with Gasteiger partial charge in [-0.3, -0.25) is 0 Å². The highest BCUT2D eigenvalue weighted by Crippen LogP contribution is 2.29. The summed E-state index contributed by atoms with van der Waals surface area (Å²) in [6.07, 6.45) is -0.944. The highest BCUT2D eigenvalue weighted by Gasteiger charge is 2.22. The van der Waals surface area contributed by atoms with Crippen LogP contribution in [0.1, 0.15) is 17.4 Å². The van der Waals surface area contributed by atoms with Crippen LogP contribution in [0.15, 0.2) is 18.2 Å². The van der Waals surface area contributed by atoms with Crippen LogP contribution >= 0.6 is 0 Å². The maximum atomic E-state index is 12.9. The average molecular weight is 154 g/mol. The minimum atomic E-state index is -0.944. The van der Waals surface area contributed by atoms with Crippen molar-refractivity contribution in [2.24, 2.45) is 0 Å². The van der Waals surface area contributed by atoms with Gasteiger partial charge in [-0.15, -0.1) is 0 Å². The van der Waals surface area contributed by atoms with E-state index in [2.05, 4.69) is 0 Å². The zero-order valence-electron chi connectivity index (χ0n) is 5.75. The molecule has 0 saturated heterocycles. The molecule has 1 heterocycles. The molecule has 0 radical (unpaired) electrons. The first-order valence-corrected chi connectivity index (χ1v) is 3.36. The fourth-order valence-corrected chi connectivity index (χ4v) is 1.21. The molecule has 0 amide bonds. The van der Waals surface area contributed by atoms with E-state index < -0.39 is 6.29 Å². The van der Waals surface area contributed by atoms with Crippen molar-refractivity contribution in [2.75, 3.05) is 0 Å². The standard InChI is InChI=1S/C8H7FO2/c9-7-3-1-2-5-6(7)4-11-8(5)10/h1-3,8,10H,4H2. The van der Waals surface area contributed by atoms with Crippen LogP contribution in [-0.4, -0.2) is 5.11 Å². The number of halogens is 1. The SMILES string of the molecule is OC1OCc2c(F)cccc21. The summed E-state index contributed by atoms with van der Waals surface area (Å²) in [7, 11) is 0. The molecule has 1 atom stereocenters. The van der Waals surface area contributed by atoms with E-state index in [1.54, 1.807) is 12.1 Å². The lowest BCUT2D eigenvalue weighted by Crippen LogP contribution is -1.92. The van der Waals surface area contributed by atoms with Gasteiger partial charge < -0.3 is 9.84 Å². The third kappa shape index (κ3) is 0.931. The number of hydrogen-bond acceptors (Lipinski definition) is 2. The second-order valence-electron chi connectivity index (χ2n) is 2.47. The number of fused-ring (bicyclic) bond motifs is 1. The van der Waals surface area contributed by atoms with Crippen molar-refractivity contribution in [1.82, 2.24) is 0 Å². The van der Waals surface area contributed by atoms with E-state index in [0.717, 1.165) is 0 Å². The van der Waals surface area contributed by atoms with E-state index in [9.17, 15) is 4.39 Å². The highest BCUT2D eigenvalue weighted by atomic mass is 19.1. The van der Waals surface area contributed by atoms with Crippen LogP contribution in [0.4, 0.5) is 4.39 Å². The van der Waals surface area contributed by atoms with Crippen molar-refractivity contribution >= 4 is 0 Å². The van der Waals surface area contributed by atoms with Crippen LogP contribution in [0.3, 0.4) is 0 Å². The minimum absolute atomic E-state index is 0.170. The zero-order valence-corrected chi connectivity index (χ0v) is 5.75. The lowest BCUT2D eigenvalue weighted by molar-refractivity contribution is -0.0920. The minimum Gasteiger partial charge on any atom is -0.364 e. The van der Waals surface area contributed by atoms with Gasteiger partial charge in [0, 0.05) is 11.1 Å². The number of benzene rings is 1. The lowest BCUT2D eigenvalue weighted by Gasteiger charge is -2.00. The molecule has 11 heavy (non-hydrogen) atoms. The van der Waals surface area contributed by atoms with Crippen molar-refractivity contribution in [3.63, 3.8) is 0 Å². The maximum absolute atomic E-state index is 12.9. The molecular weight excluding hydrogens is 147 g/mol. The number of aliphatic hydroxyl groups excluding tert-OH is 1. The normalized spacial score (nSPS) is 21.8. The van der Waals surface area contributed by atoms with E-state index in [0.29, 0.717) is 11.1 Å². The molecule has 0 fully saturated rings. The first kappa shape index (κ1) is 6.76. The van der Waals surface area contributed by atoms with Crippen LogP contribution in [0.5, 0.6) is 0 Å². The summed E-state index contributed by atoms with van der Waals surface area (Å²) in [6.45, 7) is 0.170. The Morgan fingerprint density at radius 2 is 2.36 bits per heavy atom. The Kier molecular flexibility index (Phi) is 1.41. The Labute approximate surface area is 63.2 Å². The average Bonchev–Trinajstić information content (AvgIpc) is 2.35. The first-order valence-electron chi connectivity index (χ1n) is 3.36. The van der Waals surface area contributed by atoms with Crippen LogP contribution in [0.25, 0.3) is 0 Å². The second-order valence-corrected chi connectivity index (χ2v) is 2.47. The van der Waals surface area contributed by atoms with E-state index in [-0.39, 0.29) is 12.4 Å². The molecular formula is C8H7FO2. The summed E-state index contributed by atoms with van der Waals surface area (Å²) in [5.74, 6) is -0.306. The summed E-state index contributed by atoms with van der Waals surface area (Å²) in [4.78, 5) is 0. The van der Waals surface area contributed by atoms with Crippen molar-refractivity contribution in [2.45, 2.75) is 12.9 Å². The van der Waals surface area contributed by atoms with Crippen LogP contribution in [0.2, 0.25) is 0 Å². The Bertz CT molecular complexity index is 285. The third-order valence-corrected chi connectivity index (χ3v) is 1.81. The maximum Gasteiger partial charge on any atom is 0.182 e. The van der Waals surface area contributed by atoms with Gasteiger partial charge in [0.15, 0.2) is 6.29 Å². The summed E-state index contributed by atoms with van der Waals surface area (Å²) >= 11 is 0. The molecule has 1 unspecified atom stereocenters. The zero-order chi connectivity index (χ0) is 7.84. The Morgan fingerprint density at radius 3 is 3.09 bits per heavy atom. The summed E-state index contributed by atoms with van der Waals surface area (Å²) in [5.41, 5.74) is 1.02. The molecule has 2 nitrogen and oxygen atoms in total. The molecule has 0 saturated carbocycles. The molecule has 1 aromatic carbocycles. The molecule has 1 aromatic rings. The number of aliphatic hydroxyl groups is 1. The molecule has 1 aliphatic rings. The van der Waals surface area contributed by atoms with Gasteiger partial charge in [-0.05, 0) is 6.07 Å². The lowest BCUT2D eigenvalue weighted by atomic mass is 10.1. The molecule has 0 bridgehead atoms. The van der Waals surface area contributed by atoms with Gasteiger partial charge in [-0.25, -0.2) is 4.39 Å². The van der Waals surface area contributed by atoms with Crippen LogP contribution in [0, 0.1) is 5.82 Å². The van der Waals surface area contributed by atoms with Gasteiger partial charge in [0.1, 0.15) is 5.82 Å². The van der Waals surface area contributed by atoms with Gasteiger partial charge in [-0.2, -0.15) is 0 Å². The topological polar surface area (TPSA) is 29.5 Å². The van der Waals surface area contributed by atoms with Gasteiger partial charge in [0.25, 0.3) is 0 Å². The van der Waals surface area contributed by atoms with Gasteiger partial charge in [-0.1, -0.05) is 12.1 Å². The van der Waals surface area contributed by atoms with E-state index >= 15 is 0 Å². The predicted octanol–water partition coefficient (Wildman–Crippen LogP) is 1.35. The Morgan fingerprint density at radius 1 is 1.55 bits per heavy atom. The molecule has 0 aliphatic carbocycles. The molecule has 2 rings (SSSR count). The fraction of sp³-hybridized carbons (Fsp3) is 0.250. The molecule has 3 heteroatoms. The molecule has 1 aliphatic heterocycles. The van der Waals surface area contributed by atoms with Crippen molar-refractivity contribution < 1.29 is 14.2 Å². The van der Waals surface area contributed by atoms with E-state index in [1.165, 1.54) is 6.07 Å². The van der Waals surface area contributed by atoms with Crippen LogP contribution in [-0.2, 0) is 11.3 Å². The largest absolute Gasteiger partial charge is 0.364 e. The molecule has 58 valence electrons. The molecule has 1 N–H and O–H groups in total. The van der Waals surface area contributed by atoms with Crippen LogP contribution < -0.4 is 0 Å². The van der Waals surface area contributed by atoms with Gasteiger partial charge in [0.2, 0.25) is 0 Å². The van der Waals surface area contributed by atoms with Crippen molar-refractivity contribution in [3.8, 4) is 0 Å². The number of hydrogen-bond donors (Lipinski definition) is 1. The summed E-state index contributed by atoms with van der Waals surface area (Å²) in [6, 6.07) is 4.59. The van der Waals surface area contributed by atoms with Crippen molar-refractivity contribution in [1.29, 1.82) is 0 Å². The van der Waals surface area contributed by atoms with E-state index in [4.69, 9.17) is 9.84 Å². The predicted molar refractivity (Wildman–Crippen MR) is 36.1 cm³/mol. The first-order chi connectivity index (χ1) is 5.29. The summed E-state index contributed by atoms with van der Waals surface area (Å²) < 4.78 is 17.7. The number of rotatable bonds is 0. The fourth-order valence-electron chi connectivity index (χ4n) is 1.21. The molecule has 0 spiro atoms. The van der Waals surface area contributed by atoms with Gasteiger partial charge >= 0.3 is 0 Å². The quantitative estimate of drug-likeness (QED) is 0.611. The van der Waals surface area contributed by atoms with Gasteiger partial charge in [0.05, 0.1) is 6.61 Å².